The molecule has 2 heterocycles. The van der Waals surface area contributed by atoms with Crippen LogP contribution < -0.4 is 15.4 Å². The number of hydrogen-bond donors (Lipinski definition) is 3. The molecule has 39 heavy (non-hydrogen) atoms. The molecular weight excluding hydrogens is 533 g/mol. The Morgan fingerprint density at radius 2 is 1.74 bits per heavy atom. The van der Waals surface area contributed by atoms with Crippen LogP contribution in [0, 0.1) is 6.92 Å². The number of urea groups is 1. The molecule has 0 spiro atoms. The number of alkyl halides is 3. The van der Waals surface area contributed by atoms with Crippen molar-refractivity contribution in [1.82, 2.24) is 19.7 Å². The van der Waals surface area contributed by atoms with E-state index in [0.29, 0.717) is 23.7 Å². The summed E-state index contributed by atoms with van der Waals surface area (Å²) in [5.41, 5.74) is 3.56. The molecule has 5 rings (SSSR count). The highest BCUT2D eigenvalue weighted by Crippen LogP contribution is 2.36. The van der Waals surface area contributed by atoms with E-state index in [0.717, 1.165) is 40.1 Å². The third kappa shape index (κ3) is 5.68. The number of halogens is 4. The number of benzene rings is 3. The molecule has 0 bridgehead atoms. The van der Waals surface area contributed by atoms with Gasteiger partial charge in [0.05, 0.1) is 30.4 Å². The fourth-order valence-electron chi connectivity index (χ4n) is 4.11. The number of aromatic amines is 1. The number of aryl methyl sites for hydroxylation is 1. The van der Waals surface area contributed by atoms with E-state index < -0.39 is 22.8 Å². The van der Waals surface area contributed by atoms with Crippen molar-refractivity contribution in [2.24, 2.45) is 0 Å². The Bertz CT molecular complexity index is 1660. The third-order valence-electron chi connectivity index (χ3n) is 6.04. The molecule has 2 amide bonds. The van der Waals surface area contributed by atoms with Gasteiger partial charge in [-0.1, -0.05) is 23.7 Å². The average molecular weight is 555 g/mol. The fourth-order valence-corrected chi connectivity index (χ4v) is 4.34. The number of hydrogen-bond acceptors (Lipinski definition) is 4. The molecule has 0 saturated heterocycles. The van der Waals surface area contributed by atoms with Gasteiger partial charge in [0.25, 0.3) is 0 Å². The first-order chi connectivity index (χ1) is 18.6. The number of nitrogens with one attached hydrogen (secondary N) is 3. The van der Waals surface area contributed by atoms with Crippen molar-refractivity contribution in [3.63, 3.8) is 0 Å². The number of carbonyl (C=O) groups excluding carboxylic acids is 1. The number of anilines is 2. The molecule has 8 nitrogen and oxygen atoms in total. The van der Waals surface area contributed by atoms with Crippen molar-refractivity contribution in [3.8, 4) is 17.1 Å². The Morgan fingerprint density at radius 3 is 2.41 bits per heavy atom. The van der Waals surface area contributed by atoms with E-state index in [-0.39, 0.29) is 5.69 Å². The van der Waals surface area contributed by atoms with E-state index in [9.17, 15) is 18.0 Å². The highest BCUT2D eigenvalue weighted by atomic mass is 35.5. The van der Waals surface area contributed by atoms with Gasteiger partial charge in [-0.25, -0.2) is 14.5 Å². The Kier molecular flexibility index (Phi) is 6.92. The summed E-state index contributed by atoms with van der Waals surface area (Å²) < 4.78 is 46.3. The Balaban J connectivity index is 1.30. The SMILES string of the molecule is COc1ccc(Cn2ncc3[nH]c(-c4ccc(NC(=O)Nc5ccc(Cl)c(C(F)(F)F)c5)cc4C)nc32)cc1. The van der Waals surface area contributed by atoms with Crippen molar-refractivity contribution in [2.75, 3.05) is 17.7 Å². The molecule has 0 fully saturated rings. The van der Waals surface area contributed by atoms with E-state index in [4.69, 9.17) is 21.3 Å². The quantitative estimate of drug-likeness (QED) is 0.208. The van der Waals surface area contributed by atoms with Crippen LogP contribution in [0.5, 0.6) is 5.75 Å². The zero-order valence-electron chi connectivity index (χ0n) is 20.7. The van der Waals surface area contributed by atoms with Crippen LogP contribution in [0.2, 0.25) is 5.02 Å². The van der Waals surface area contributed by atoms with Gasteiger partial charge in [-0.2, -0.15) is 18.3 Å². The van der Waals surface area contributed by atoms with Crippen molar-refractivity contribution < 1.29 is 22.7 Å². The minimum absolute atomic E-state index is 0.0384. The predicted octanol–water partition coefficient (Wildman–Crippen LogP) is 7.11. The third-order valence-corrected chi connectivity index (χ3v) is 6.37. The minimum Gasteiger partial charge on any atom is -0.497 e. The molecule has 3 aromatic carbocycles. The standard InChI is InChI=1S/C27H22ClF3N6O2/c1-15-11-17(33-26(38)34-18-6-10-22(28)21(12-18)27(29,30)31)5-9-20(15)24-35-23-13-32-37(25(23)36-24)14-16-3-7-19(39-2)8-4-16/h3-13H,14H2,1-2H3,(H,35,36)(H2,33,34,38). The summed E-state index contributed by atoms with van der Waals surface area (Å²) in [7, 11) is 1.62. The molecule has 0 aliphatic heterocycles. The minimum atomic E-state index is -4.64. The molecule has 5 aromatic rings. The van der Waals surface area contributed by atoms with E-state index in [2.05, 4.69) is 20.7 Å². The second kappa shape index (κ2) is 10.3. The van der Waals surface area contributed by atoms with Gasteiger partial charge in [0.15, 0.2) is 5.65 Å². The number of fused-ring (bicyclic) bond motifs is 1. The zero-order chi connectivity index (χ0) is 27.7. The lowest BCUT2D eigenvalue weighted by atomic mass is 10.1. The maximum absolute atomic E-state index is 13.1. The average Bonchev–Trinajstić information content (AvgIpc) is 3.47. The van der Waals surface area contributed by atoms with Gasteiger partial charge in [0.2, 0.25) is 0 Å². The Labute approximate surface area is 225 Å². The zero-order valence-corrected chi connectivity index (χ0v) is 21.5. The first kappa shape index (κ1) is 26.1. The summed E-state index contributed by atoms with van der Waals surface area (Å²) in [6.45, 7) is 2.40. The molecule has 0 radical (unpaired) electrons. The first-order valence-electron chi connectivity index (χ1n) is 11.7. The van der Waals surface area contributed by atoms with E-state index in [1.807, 2.05) is 31.2 Å². The van der Waals surface area contributed by atoms with Gasteiger partial charge in [0.1, 0.15) is 17.1 Å². The van der Waals surface area contributed by atoms with Crippen molar-refractivity contribution in [2.45, 2.75) is 19.6 Å². The van der Waals surface area contributed by atoms with Gasteiger partial charge in [0, 0.05) is 16.9 Å². The number of aromatic nitrogens is 4. The monoisotopic (exact) mass is 554 g/mol. The van der Waals surface area contributed by atoms with Crippen molar-refractivity contribution >= 4 is 40.2 Å². The topological polar surface area (TPSA) is 96.9 Å². The van der Waals surface area contributed by atoms with Crippen molar-refractivity contribution in [3.05, 3.63) is 88.6 Å². The highest BCUT2D eigenvalue weighted by Gasteiger charge is 2.33. The molecule has 12 heteroatoms. The lowest BCUT2D eigenvalue weighted by Gasteiger charge is -2.13. The summed E-state index contributed by atoms with van der Waals surface area (Å²) >= 11 is 5.64. The van der Waals surface area contributed by atoms with E-state index >= 15 is 0 Å². The number of nitrogens with zero attached hydrogens (tertiary/aromatic N) is 3. The Hall–Kier alpha value is -4.51. The summed E-state index contributed by atoms with van der Waals surface area (Å²) in [5, 5.41) is 9.01. The second-order valence-electron chi connectivity index (χ2n) is 8.77. The predicted molar refractivity (Wildman–Crippen MR) is 143 cm³/mol. The van der Waals surface area contributed by atoms with Crippen LogP contribution in [0.1, 0.15) is 16.7 Å². The molecular formula is C27H22ClF3N6O2. The lowest BCUT2D eigenvalue weighted by Crippen LogP contribution is -2.20. The summed E-state index contributed by atoms with van der Waals surface area (Å²) in [6, 6.07) is 15.4. The summed E-state index contributed by atoms with van der Waals surface area (Å²) in [6.07, 6.45) is -2.92. The molecule has 0 atom stereocenters. The highest BCUT2D eigenvalue weighted by molar-refractivity contribution is 6.31. The van der Waals surface area contributed by atoms with Crippen LogP contribution in [0.4, 0.5) is 29.3 Å². The fraction of sp³-hybridized carbons (Fsp3) is 0.148. The largest absolute Gasteiger partial charge is 0.497 e. The van der Waals surface area contributed by atoms with Gasteiger partial charge in [-0.3, -0.25) is 0 Å². The van der Waals surface area contributed by atoms with E-state index in [1.165, 1.54) is 6.07 Å². The molecule has 0 aliphatic carbocycles. The first-order valence-corrected chi connectivity index (χ1v) is 12.1. The Morgan fingerprint density at radius 1 is 1.05 bits per heavy atom. The smallest absolute Gasteiger partial charge is 0.417 e. The second-order valence-corrected chi connectivity index (χ2v) is 9.18. The molecule has 0 saturated carbocycles. The molecule has 0 aliphatic rings. The number of rotatable bonds is 6. The molecule has 2 aromatic heterocycles. The van der Waals surface area contributed by atoms with Crippen LogP contribution in [0.3, 0.4) is 0 Å². The number of ether oxygens (including phenoxy) is 1. The maximum Gasteiger partial charge on any atom is 0.417 e. The maximum atomic E-state index is 13.1. The van der Waals surface area contributed by atoms with Gasteiger partial charge >= 0.3 is 12.2 Å². The number of imidazole rings is 1. The van der Waals surface area contributed by atoms with Crippen molar-refractivity contribution in [1.29, 1.82) is 0 Å². The van der Waals surface area contributed by atoms with Crippen LogP contribution >= 0.6 is 11.6 Å². The normalized spacial score (nSPS) is 11.5. The molecule has 200 valence electrons. The van der Waals surface area contributed by atoms with Gasteiger partial charge < -0.3 is 20.4 Å². The van der Waals surface area contributed by atoms with Gasteiger partial charge in [-0.05, 0) is 66.6 Å². The summed E-state index contributed by atoms with van der Waals surface area (Å²) in [5.74, 6) is 1.41. The molecule has 0 unspecified atom stereocenters. The van der Waals surface area contributed by atoms with Crippen LogP contribution in [-0.4, -0.2) is 32.9 Å². The van der Waals surface area contributed by atoms with E-state index in [1.54, 1.807) is 36.2 Å². The van der Waals surface area contributed by atoms with Crippen LogP contribution in [-0.2, 0) is 12.7 Å². The lowest BCUT2D eigenvalue weighted by molar-refractivity contribution is -0.137. The van der Waals surface area contributed by atoms with Gasteiger partial charge in [-0.15, -0.1) is 0 Å². The molecule has 3 N–H and O–H groups in total. The number of H-pyrrole nitrogens is 1. The number of amides is 2. The number of methoxy groups -OCH3 is 1. The van der Waals surface area contributed by atoms with Crippen LogP contribution in [0.15, 0.2) is 66.9 Å². The summed E-state index contributed by atoms with van der Waals surface area (Å²) in [4.78, 5) is 20.4. The number of carbonyl (C=O) groups is 1. The van der Waals surface area contributed by atoms with Crippen LogP contribution in [0.25, 0.3) is 22.6 Å².